The molecule has 1 fully saturated rings. The lowest BCUT2D eigenvalue weighted by Gasteiger charge is -2.19. The van der Waals surface area contributed by atoms with Crippen LogP contribution in [0.5, 0.6) is 0 Å². The Bertz CT molecular complexity index is 361. The molecule has 0 saturated heterocycles. The summed E-state index contributed by atoms with van der Waals surface area (Å²) in [6, 6.07) is 8.05. The zero-order valence-electron chi connectivity index (χ0n) is 10.7. The molecule has 1 aromatic carbocycles. The molecule has 0 aromatic heterocycles. The third kappa shape index (κ3) is 2.40. The van der Waals surface area contributed by atoms with Gasteiger partial charge in [0.25, 0.3) is 0 Å². The van der Waals surface area contributed by atoms with Crippen LogP contribution in [0.25, 0.3) is 0 Å². The van der Waals surface area contributed by atoms with Gasteiger partial charge < -0.3 is 9.68 Å². The standard InChI is InChI=1S/C12H15BO2.C2H6/c14-13-11-8-4-3-7-10(11)12(15-13)9-5-1-2-6-9;1-2/h3-4,7-9,12,14H,1-2,5-6H2;1-2H3. The largest absolute Gasteiger partial charge is 0.491 e. The molecule has 1 aliphatic carbocycles. The topological polar surface area (TPSA) is 29.5 Å². The van der Waals surface area contributed by atoms with Crippen molar-refractivity contribution in [3.05, 3.63) is 29.8 Å². The van der Waals surface area contributed by atoms with Crippen molar-refractivity contribution in [2.24, 2.45) is 5.92 Å². The third-order valence-corrected chi connectivity index (χ3v) is 3.67. The second-order valence-corrected chi connectivity index (χ2v) is 4.58. The molecule has 1 heterocycles. The number of benzene rings is 1. The third-order valence-electron chi connectivity index (χ3n) is 3.67. The highest BCUT2D eigenvalue weighted by Crippen LogP contribution is 2.40. The monoisotopic (exact) mass is 232 g/mol. The fourth-order valence-electron chi connectivity index (χ4n) is 2.91. The predicted molar refractivity (Wildman–Crippen MR) is 71.2 cm³/mol. The molecule has 0 amide bonds. The van der Waals surface area contributed by atoms with Crippen molar-refractivity contribution in [3.63, 3.8) is 0 Å². The number of rotatable bonds is 1. The maximum absolute atomic E-state index is 9.79. The first-order valence-corrected chi connectivity index (χ1v) is 6.78. The van der Waals surface area contributed by atoms with Crippen molar-refractivity contribution in [1.82, 2.24) is 0 Å². The van der Waals surface area contributed by atoms with E-state index >= 15 is 0 Å². The zero-order valence-corrected chi connectivity index (χ0v) is 10.7. The van der Waals surface area contributed by atoms with E-state index in [9.17, 15) is 5.02 Å². The van der Waals surface area contributed by atoms with Gasteiger partial charge in [-0.1, -0.05) is 51.0 Å². The fraction of sp³-hybridized carbons (Fsp3) is 0.571. The zero-order chi connectivity index (χ0) is 12.3. The summed E-state index contributed by atoms with van der Waals surface area (Å²) >= 11 is 0. The molecule has 1 saturated carbocycles. The maximum Gasteiger partial charge on any atom is 0.491 e. The molecule has 1 unspecified atom stereocenters. The summed E-state index contributed by atoms with van der Waals surface area (Å²) in [6.07, 6.45) is 5.24. The van der Waals surface area contributed by atoms with Gasteiger partial charge >= 0.3 is 7.12 Å². The highest BCUT2D eigenvalue weighted by molar-refractivity contribution is 6.61. The molecule has 3 rings (SSSR count). The van der Waals surface area contributed by atoms with Crippen molar-refractivity contribution in [2.45, 2.75) is 45.6 Å². The molecule has 17 heavy (non-hydrogen) atoms. The van der Waals surface area contributed by atoms with Gasteiger partial charge in [-0.25, -0.2) is 0 Å². The van der Waals surface area contributed by atoms with E-state index in [1.54, 1.807) is 0 Å². The molecule has 0 radical (unpaired) electrons. The van der Waals surface area contributed by atoms with E-state index in [1.165, 1.54) is 31.2 Å². The molecule has 1 atom stereocenters. The molecular weight excluding hydrogens is 211 g/mol. The molecule has 92 valence electrons. The SMILES string of the molecule is CC.OB1OC(C2CCCC2)c2ccccc21. The first kappa shape index (κ1) is 12.7. The van der Waals surface area contributed by atoms with Crippen molar-refractivity contribution < 1.29 is 9.68 Å². The second kappa shape index (κ2) is 5.70. The molecule has 3 heteroatoms. The smallest absolute Gasteiger partial charge is 0.423 e. The van der Waals surface area contributed by atoms with Gasteiger partial charge in [-0.05, 0) is 29.8 Å². The van der Waals surface area contributed by atoms with Gasteiger partial charge in [-0.15, -0.1) is 0 Å². The lowest BCUT2D eigenvalue weighted by molar-refractivity contribution is 0.129. The summed E-state index contributed by atoms with van der Waals surface area (Å²) in [6.45, 7) is 4.00. The highest BCUT2D eigenvalue weighted by Gasteiger charge is 2.39. The average molecular weight is 232 g/mol. The summed E-state index contributed by atoms with van der Waals surface area (Å²) in [7, 11) is -0.702. The van der Waals surface area contributed by atoms with Crippen LogP contribution in [-0.4, -0.2) is 12.1 Å². The minimum atomic E-state index is -0.702. The molecular formula is C14H21BO2. The molecule has 0 bridgehead atoms. The molecule has 1 N–H and O–H groups in total. The lowest BCUT2D eigenvalue weighted by Crippen LogP contribution is -2.27. The van der Waals surface area contributed by atoms with Gasteiger partial charge in [-0.3, -0.25) is 0 Å². The summed E-state index contributed by atoms with van der Waals surface area (Å²) in [5.74, 6) is 0.614. The van der Waals surface area contributed by atoms with Crippen LogP contribution in [0.4, 0.5) is 0 Å². The number of fused-ring (bicyclic) bond motifs is 1. The van der Waals surface area contributed by atoms with Crippen LogP contribution >= 0.6 is 0 Å². The van der Waals surface area contributed by atoms with Crippen LogP contribution in [0.3, 0.4) is 0 Å². The predicted octanol–water partition coefficient (Wildman–Crippen LogP) is 2.66. The molecule has 2 aliphatic rings. The molecule has 2 nitrogen and oxygen atoms in total. The van der Waals surface area contributed by atoms with Crippen LogP contribution in [-0.2, 0) is 4.65 Å². The Kier molecular flexibility index (Phi) is 4.24. The van der Waals surface area contributed by atoms with E-state index in [0.717, 1.165) is 5.46 Å². The van der Waals surface area contributed by atoms with E-state index in [1.807, 2.05) is 32.0 Å². The van der Waals surface area contributed by atoms with E-state index < -0.39 is 7.12 Å². The van der Waals surface area contributed by atoms with Gasteiger partial charge in [0.15, 0.2) is 0 Å². The maximum atomic E-state index is 9.79. The van der Waals surface area contributed by atoms with E-state index in [-0.39, 0.29) is 6.10 Å². The van der Waals surface area contributed by atoms with Gasteiger partial charge in [0.2, 0.25) is 0 Å². The van der Waals surface area contributed by atoms with Crippen LogP contribution in [0.1, 0.15) is 51.2 Å². The van der Waals surface area contributed by atoms with Crippen LogP contribution < -0.4 is 5.46 Å². The van der Waals surface area contributed by atoms with Crippen LogP contribution in [0.15, 0.2) is 24.3 Å². The van der Waals surface area contributed by atoms with Gasteiger partial charge in [-0.2, -0.15) is 0 Å². The Morgan fingerprint density at radius 1 is 1.18 bits per heavy atom. The Balaban J connectivity index is 0.000000514. The van der Waals surface area contributed by atoms with E-state index in [0.29, 0.717) is 5.92 Å². The molecule has 0 spiro atoms. The van der Waals surface area contributed by atoms with Crippen LogP contribution in [0, 0.1) is 5.92 Å². The van der Waals surface area contributed by atoms with E-state index in [2.05, 4.69) is 6.07 Å². The van der Waals surface area contributed by atoms with Crippen molar-refractivity contribution in [3.8, 4) is 0 Å². The van der Waals surface area contributed by atoms with Gasteiger partial charge in [0.05, 0.1) is 6.10 Å². The number of hydrogen-bond donors (Lipinski definition) is 1. The minimum absolute atomic E-state index is 0.138. The Hall–Kier alpha value is -0.795. The summed E-state index contributed by atoms with van der Waals surface area (Å²) in [4.78, 5) is 0. The lowest BCUT2D eigenvalue weighted by atomic mass is 9.79. The first-order chi connectivity index (χ1) is 8.36. The molecule has 1 aromatic rings. The summed E-state index contributed by atoms with van der Waals surface area (Å²) < 4.78 is 5.67. The minimum Gasteiger partial charge on any atom is -0.423 e. The second-order valence-electron chi connectivity index (χ2n) is 4.58. The van der Waals surface area contributed by atoms with E-state index in [4.69, 9.17) is 4.65 Å². The summed E-state index contributed by atoms with van der Waals surface area (Å²) in [5, 5.41) is 9.79. The Labute approximate surface area is 104 Å². The van der Waals surface area contributed by atoms with Crippen molar-refractivity contribution in [1.29, 1.82) is 0 Å². The van der Waals surface area contributed by atoms with Crippen LogP contribution in [0.2, 0.25) is 0 Å². The number of hydrogen-bond acceptors (Lipinski definition) is 2. The first-order valence-electron chi connectivity index (χ1n) is 6.78. The molecule has 1 aliphatic heterocycles. The summed E-state index contributed by atoms with van der Waals surface area (Å²) in [5.41, 5.74) is 2.17. The Morgan fingerprint density at radius 2 is 1.82 bits per heavy atom. The highest BCUT2D eigenvalue weighted by atomic mass is 16.5. The Morgan fingerprint density at radius 3 is 2.53 bits per heavy atom. The normalized spacial score (nSPS) is 23.2. The van der Waals surface area contributed by atoms with Gasteiger partial charge in [0, 0.05) is 0 Å². The quantitative estimate of drug-likeness (QED) is 0.754. The fourth-order valence-corrected chi connectivity index (χ4v) is 2.91. The van der Waals surface area contributed by atoms with Crippen molar-refractivity contribution in [2.75, 3.05) is 0 Å². The van der Waals surface area contributed by atoms with Crippen molar-refractivity contribution >= 4 is 12.6 Å². The average Bonchev–Trinajstić information content (AvgIpc) is 3.01. The van der Waals surface area contributed by atoms with Gasteiger partial charge in [0.1, 0.15) is 0 Å².